The van der Waals surface area contributed by atoms with Gasteiger partial charge in [-0.3, -0.25) is 4.79 Å². The molecular formula is C28H23O3. The topological polar surface area (TPSA) is 35.5 Å². The number of carbonyl (C=O) groups excluding carboxylic acids is 1. The summed E-state index contributed by atoms with van der Waals surface area (Å²) in [6, 6.07) is 33.1. The average molecular weight is 407 g/mol. The van der Waals surface area contributed by atoms with Crippen LogP contribution in [-0.2, 0) is 0 Å². The Balaban J connectivity index is 1.71. The molecule has 0 amide bonds. The molecule has 0 N–H and O–H groups in total. The average Bonchev–Trinajstić information content (AvgIpc) is 2.85. The van der Waals surface area contributed by atoms with Gasteiger partial charge < -0.3 is 9.47 Å². The molecule has 0 fully saturated rings. The number of carbonyl (C=O) groups is 1. The Labute approximate surface area is 182 Å². The van der Waals surface area contributed by atoms with Crippen LogP contribution < -0.4 is 9.47 Å². The van der Waals surface area contributed by atoms with Crippen molar-refractivity contribution in [3.05, 3.63) is 137 Å². The number of ether oxygens (including phenoxy) is 2. The highest BCUT2D eigenvalue weighted by molar-refractivity contribution is 6.09. The summed E-state index contributed by atoms with van der Waals surface area (Å²) in [5, 5.41) is 0. The van der Waals surface area contributed by atoms with Crippen molar-refractivity contribution in [3.8, 4) is 11.5 Å². The summed E-state index contributed by atoms with van der Waals surface area (Å²) in [4.78, 5) is 12.8. The third-order valence-electron chi connectivity index (χ3n) is 5.23. The number of hydrogen-bond acceptors (Lipinski definition) is 3. The second kappa shape index (κ2) is 9.31. The second-order valence-electron chi connectivity index (χ2n) is 7.10. The lowest BCUT2D eigenvalue weighted by molar-refractivity contribution is 0.103. The van der Waals surface area contributed by atoms with Gasteiger partial charge in [-0.05, 0) is 41.0 Å². The summed E-state index contributed by atoms with van der Waals surface area (Å²) in [5.41, 5.74) is 4.50. The predicted molar refractivity (Wildman–Crippen MR) is 123 cm³/mol. The van der Waals surface area contributed by atoms with Crippen LogP contribution in [0.4, 0.5) is 0 Å². The van der Waals surface area contributed by atoms with E-state index in [9.17, 15) is 4.79 Å². The Kier molecular flexibility index (Phi) is 6.13. The van der Waals surface area contributed by atoms with Crippen molar-refractivity contribution in [1.29, 1.82) is 0 Å². The fourth-order valence-electron chi connectivity index (χ4n) is 3.56. The smallest absolute Gasteiger partial charge is 0.193 e. The van der Waals surface area contributed by atoms with Crippen molar-refractivity contribution >= 4 is 5.78 Å². The maximum absolute atomic E-state index is 12.8. The molecule has 4 aromatic rings. The monoisotopic (exact) mass is 407 g/mol. The van der Waals surface area contributed by atoms with Crippen molar-refractivity contribution in [3.63, 3.8) is 0 Å². The van der Waals surface area contributed by atoms with Crippen LogP contribution in [0.3, 0.4) is 0 Å². The Bertz CT molecular complexity index is 1080. The quantitative estimate of drug-likeness (QED) is 0.280. The zero-order valence-corrected chi connectivity index (χ0v) is 17.5. The van der Waals surface area contributed by atoms with Gasteiger partial charge in [-0.15, -0.1) is 0 Å². The third kappa shape index (κ3) is 4.51. The van der Waals surface area contributed by atoms with Crippen LogP contribution in [0.1, 0.15) is 32.6 Å². The van der Waals surface area contributed by atoms with Gasteiger partial charge in [0.1, 0.15) is 11.5 Å². The molecule has 0 aliphatic carbocycles. The summed E-state index contributed by atoms with van der Waals surface area (Å²) in [7, 11) is 3.32. The van der Waals surface area contributed by atoms with E-state index in [1.165, 1.54) is 0 Å². The Morgan fingerprint density at radius 1 is 0.484 bits per heavy atom. The lowest BCUT2D eigenvalue weighted by atomic mass is 9.84. The first-order valence-corrected chi connectivity index (χ1v) is 10.1. The highest BCUT2D eigenvalue weighted by atomic mass is 16.5. The van der Waals surface area contributed by atoms with Crippen molar-refractivity contribution in [1.82, 2.24) is 0 Å². The van der Waals surface area contributed by atoms with Crippen LogP contribution >= 0.6 is 0 Å². The van der Waals surface area contributed by atoms with Gasteiger partial charge in [0.15, 0.2) is 5.78 Å². The van der Waals surface area contributed by atoms with E-state index in [1.54, 1.807) is 14.2 Å². The van der Waals surface area contributed by atoms with Gasteiger partial charge >= 0.3 is 0 Å². The van der Waals surface area contributed by atoms with Crippen LogP contribution in [0.25, 0.3) is 0 Å². The summed E-state index contributed by atoms with van der Waals surface area (Å²) in [5.74, 6) is 2.70. The summed E-state index contributed by atoms with van der Waals surface area (Å²) in [6.45, 7) is 0. The largest absolute Gasteiger partial charge is 0.497 e. The van der Waals surface area contributed by atoms with Crippen LogP contribution in [0.15, 0.2) is 103 Å². The van der Waals surface area contributed by atoms with E-state index < -0.39 is 0 Å². The minimum absolute atomic E-state index is 0.0163. The van der Waals surface area contributed by atoms with Crippen LogP contribution in [0.2, 0.25) is 0 Å². The molecule has 0 aliphatic rings. The summed E-state index contributed by atoms with van der Waals surface area (Å²) < 4.78 is 10.6. The third-order valence-corrected chi connectivity index (χ3v) is 5.23. The van der Waals surface area contributed by atoms with Gasteiger partial charge in [0, 0.05) is 11.1 Å². The molecule has 0 unspecified atom stereocenters. The van der Waals surface area contributed by atoms with Crippen molar-refractivity contribution in [2.75, 3.05) is 14.2 Å². The van der Waals surface area contributed by atoms with Gasteiger partial charge in [-0.25, -0.2) is 0 Å². The van der Waals surface area contributed by atoms with E-state index >= 15 is 0 Å². The number of methoxy groups -OCH3 is 2. The van der Waals surface area contributed by atoms with E-state index in [4.69, 9.17) is 9.47 Å². The van der Waals surface area contributed by atoms with Gasteiger partial charge in [0.05, 0.1) is 20.1 Å². The van der Waals surface area contributed by atoms with Crippen molar-refractivity contribution in [2.24, 2.45) is 0 Å². The Morgan fingerprint density at radius 2 is 0.839 bits per heavy atom. The number of benzene rings is 4. The van der Waals surface area contributed by atoms with Crippen LogP contribution in [0.5, 0.6) is 11.5 Å². The van der Waals surface area contributed by atoms with Gasteiger partial charge in [0.2, 0.25) is 0 Å². The highest BCUT2D eigenvalue weighted by Gasteiger charge is 2.19. The van der Waals surface area contributed by atoms with Gasteiger partial charge in [-0.2, -0.15) is 0 Å². The first-order valence-electron chi connectivity index (χ1n) is 10.1. The van der Waals surface area contributed by atoms with Gasteiger partial charge in [0.25, 0.3) is 0 Å². The molecule has 0 aromatic heterocycles. The van der Waals surface area contributed by atoms with E-state index in [0.29, 0.717) is 11.1 Å². The molecule has 0 bridgehead atoms. The zero-order chi connectivity index (χ0) is 21.6. The lowest BCUT2D eigenvalue weighted by Gasteiger charge is -2.19. The molecule has 3 heteroatoms. The molecule has 3 nitrogen and oxygen atoms in total. The van der Waals surface area contributed by atoms with Gasteiger partial charge in [-0.1, -0.05) is 78.9 Å². The second-order valence-corrected chi connectivity index (χ2v) is 7.10. The fraction of sp³-hybridized carbons (Fsp3) is 0.0714. The molecule has 0 saturated heterocycles. The predicted octanol–water partition coefficient (Wildman–Crippen LogP) is 5.95. The molecule has 153 valence electrons. The summed E-state index contributed by atoms with van der Waals surface area (Å²) in [6.07, 6.45) is 0. The molecule has 0 saturated carbocycles. The van der Waals surface area contributed by atoms with Crippen molar-refractivity contribution < 1.29 is 14.3 Å². The fourth-order valence-corrected chi connectivity index (χ4v) is 3.56. The van der Waals surface area contributed by atoms with E-state index in [1.807, 2.05) is 103 Å². The Hall–Kier alpha value is -3.85. The van der Waals surface area contributed by atoms with E-state index in [-0.39, 0.29) is 5.78 Å². The molecule has 0 aliphatic heterocycles. The minimum atomic E-state index is 0.0163. The van der Waals surface area contributed by atoms with Crippen LogP contribution in [-0.4, -0.2) is 20.0 Å². The van der Waals surface area contributed by atoms with E-state index in [2.05, 4.69) is 0 Å². The molecule has 0 heterocycles. The summed E-state index contributed by atoms with van der Waals surface area (Å²) >= 11 is 0. The number of hydrogen-bond donors (Lipinski definition) is 0. The molecule has 4 rings (SSSR count). The van der Waals surface area contributed by atoms with Crippen molar-refractivity contribution in [2.45, 2.75) is 0 Å². The van der Waals surface area contributed by atoms with Crippen LogP contribution in [0, 0.1) is 5.92 Å². The number of rotatable bonds is 7. The Morgan fingerprint density at radius 3 is 1.26 bits per heavy atom. The first kappa shape index (κ1) is 20.4. The zero-order valence-electron chi connectivity index (χ0n) is 17.5. The maximum Gasteiger partial charge on any atom is 0.193 e. The van der Waals surface area contributed by atoms with E-state index in [0.717, 1.165) is 34.1 Å². The lowest BCUT2D eigenvalue weighted by Crippen LogP contribution is -2.06. The molecular weight excluding hydrogens is 384 g/mol. The molecule has 0 spiro atoms. The first-order chi connectivity index (χ1) is 15.2. The molecule has 0 atom stereocenters. The molecule has 4 aromatic carbocycles. The standard InChI is InChI=1S/C28H23O3/c1-30-25-16-12-21(13-17-25)27(22-14-18-26(31-2)19-15-22)20-8-10-24(11-9-20)28(29)23-6-4-3-5-7-23/h3-19H,1-2H3. The number of ketones is 1. The molecule has 31 heavy (non-hydrogen) atoms. The minimum Gasteiger partial charge on any atom is -0.497 e. The normalized spacial score (nSPS) is 10.7. The molecule has 1 radical (unpaired) electrons. The maximum atomic E-state index is 12.8. The SMILES string of the molecule is COc1ccc([C](c2ccc(OC)cc2)c2ccc(C(=O)c3ccccc3)cc2)cc1. The highest BCUT2D eigenvalue weighted by Crippen LogP contribution is 2.33.